The van der Waals surface area contributed by atoms with Crippen molar-refractivity contribution in [2.45, 2.75) is 23.9 Å². The molecule has 3 aromatic rings. The smallest absolute Gasteiger partial charge is 0.338 e. The third-order valence-electron chi connectivity index (χ3n) is 6.63. The van der Waals surface area contributed by atoms with E-state index in [0.717, 1.165) is 11.6 Å². The number of esters is 1. The van der Waals surface area contributed by atoms with Crippen molar-refractivity contribution in [1.29, 1.82) is 0 Å². The van der Waals surface area contributed by atoms with E-state index < -0.39 is 40.0 Å². The molecule has 16 heteroatoms. The van der Waals surface area contributed by atoms with E-state index in [2.05, 4.69) is 15.3 Å². The number of rotatable bonds is 7. The molecule has 0 aliphatic carbocycles. The van der Waals surface area contributed by atoms with Gasteiger partial charge in [0.25, 0.3) is 10.1 Å². The lowest BCUT2D eigenvalue weighted by atomic mass is 9.95. The number of aliphatic imine (C=N–C) groups is 1. The Labute approximate surface area is 261 Å². The molecule has 0 amide bonds. The normalized spacial score (nSPS) is 18.9. The fourth-order valence-electron chi connectivity index (χ4n) is 4.44. The van der Waals surface area contributed by atoms with E-state index in [4.69, 9.17) is 25.6 Å². The highest BCUT2D eigenvalue weighted by atomic mass is 35.5. The van der Waals surface area contributed by atoms with Crippen molar-refractivity contribution in [2.75, 3.05) is 33.4 Å². The van der Waals surface area contributed by atoms with Gasteiger partial charge in [-0.15, -0.1) is 11.3 Å². The van der Waals surface area contributed by atoms with Crippen LogP contribution in [0.15, 0.2) is 75.2 Å². The zero-order valence-corrected chi connectivity index (χ0v) is 25.8. The van der Waals surface area contributed by atoms with Crippen LogP contribution in [0, 0.1) is 12.7 Å². The average molecular weight is 667 g/mol. The lowest BCUT2D eigenvalue weighted by Crippen LogP contribution is -2.52. The van der Waals surface area contributed by atoms with E-state index in [0.29, 0.717) is 35.3 Å². The quantitative estimate of drug-likeness (QED) is 0.249. The minimum atomic E-state index is -4.02. The minimum Gasteiger partial charge on any atom is -0.480 e. The van der Waals surface area contributed by atoms with E-state index >= 15 is 0 Å². The second kappa shape index (κ2) is 14.4. The number of halogens is 2. The van der Waals surface area contributed by atoms with E-state index in [1.54, 1.807) is 28.6 Å². The molecule has 1 aromatic heterocycles. The van der Waals surface area contributed by atoms with Gasteiger partial charge in [-0.25, -0.2) is 14.2 Å². The molecule has 3 N–H and O–H groups in total. The summed E-state index contributed by atoms with van der Waals surface area (Å²) in [5, 5.41) is 15.2. The van der Waals surface area contributed by atoms with Gasteiger partial charge in [0.1, 0.15) is 17.9 Å². The summed E-state index contributed by atoms with van der Waals surface area (Å²) in [6.07, 6.45) is 1.62. The monoisotopic (exact) mass is 666 g/mol. The molecule has 0 bridgehead atoms. The molecule has 2 atom stereocenters. The summed E-state index contributed by atoms with van der Waals surface area (Å²) in [5.74, 6) is -1.83. The van der Waals surface area contributed by atoms with Gasteiger partial charge < -0.3 is 19.9 Å². The van der Waals surface area contributed by atoms with Crippen LogP contribution in [0.2, 0.25) is 5.02 Å². The molecular formula is C28H28ClFN4O8S2. The molecule has 234 valence electrons. The summed E-state index contributed by atoms with van der Waals surface area (Å²) in [5.41, 5.74) is 1.92. The first-order valence-electron chi connectivity index (χ1n) is 13.0. The Morgan fingerprint density at radius 2 is 1.98 bits per heavy atom. The van der Waals surface area contributed by atoms with Gasteiger partial charge in [-0.1, -0.05) is 35.4 Å². The molecule has 0 unspecified atom stereocenters. The molecule has 2 aliphatic rings. The maximum Gasteiger partial charge on any atom is 0.338 e. The zero-order valence-electron chi connectivity index (χ0n) is 23.4. The maximum absolute atomic E-state index is 13.7. The number of nitrogens with one attached hydrogen (secondary N) is 1. The summed E-state index contributed by atoms with van der Waals surface area (Å²) in [6, 6.07) is 8.04. The minimum absolute atomic E-state index is 0.0246. The highest BCUT2D eigenvalue weighted by Crippen LogP contribution is 2.37. The van der Waals surface area contributed by atoms with Crippen molar-refractivity contribution in [1.82, 2.24) is 15.2 Å². The Morgan fingerprint density at radius 1 is 1.25 bits per heavy atom. The molecule has 2 aromatic carbocycles. The summed E-state index contributed by atoms with van der Waals surface area (Å²) in [4.78, 5) is 35.2. The fourth-order valence-corrected chi connectivity index (χ4v) is 5.77. The Hall–Kier alpha value is -3.73. The summed E-state index contributed by atoms with van der Waals surface area (Å²) in [6.45, 7) is 2.66. The number of hydrogen-bond acceptors (Lipinski definition) is 11. The molecule has 44 heavy (non-hydrogen) atoms. The molecule has 1 saturated heterocycles. The van der Waals surface area contributed by atoms with Crippen LogP contribution in [0.4, 0.5) is 4.39 Å². The first-order valence-corrected chi connectivity index (χ1v) is 15.7. The van der Waals surface area contributed by atoms with Crippen LogP contribution in [0.25, 0.3) is 0 Å². The number of carbonyl (C=O) groups excluding carboxylic acids is 1. The maximum atomic E-state index is 13.7. The number of aliphatic carboxylic acids is 1. The van der Waals surface area contributed by atoms with Gasteiger partial charge in [-0.2, -0.15) is 8.42 Å². The number of nitrogens with zero attached hydrogens (tertiary/aromatic N) is 3. The fraction of sp³-hybridized carbons (Fsp3) is 0.286. The second-order valence-corrected chi connectivity index (χ2v) is 12.3. The van der Waals surface area contributed by atoms with E-state index in [1.165, 1.54) is 42.7 Å². The number of hydrogen-bond donors (Lipinski definition) is 3. The third-order valence-corrected chi connectivity index (χ3v) is 8.60. The van der Waals surface area contributed by atoms with E-state index in [1.807, 2.05) is 6.92 Å². The molecule has 0 saturated carbocycles. The topological polar surface area (TPSA) is 168 Å². The molecule has 0 spiro atoms. The number of morpholine rings is 1. The summed E-state index contributed by atoms with van der Waals surface area (Å²) < 4.78 is 53.6. The van der Waals surface area contributed by atoms with Gasteiger partial charge >= 0.3 is 11.9 Å². The highest BCUT2D eigenvalue weighted by Gasteiger charge is 2.37. The Kier molecular flexibility index (Phi) is 10.8. The lowest BCUT2D eigenvalue weighted by Gasteiger charge is -2.35. The molecule has 3 heterocycles. The molecule has 1 fully saturated rings. The van der Waals surface area contributed by atoms with Gasteiger partial charge in [0, 0.05) is 40.9 Å². The van der Waals surface area contributed by atoms with Gasteiger partial charge in [0.05, 0.1) is 30.8 Å². The summed E-state index contributed by atoms with van der Waals surface area (Å²) in [7, 11) is -2.78. The van der Waals surface area contributed by atoms with Gasteiger partial charge in [0.2, 0.25) is 0 Å². The number of aryl methyl sites for hydroxylation is 1. The third kappa shape index (κ3) is 8.05. The van der Waals surface area contributed by atoms with Crippen molar-refractivity contribution < 1.29 is 41.5 Å². The van der Waals surface area contributed by atoms with E-state index in [9.17, 15) is 27.5 Å². The lowest BCUT2D eigenvalue weighted by molar-refractivity contribution is -0.149. The standard InChI is InChI=1S/C21H20ClFN4O5S.C7H8O3S/c1-31-21(30)16-14(9-27-5-6-32-10-15(27)20(28)29)25-18(19-24-4-7-33-19)26-17(16)12-3-2-11(23)8-13(12)22;1-6-2-4-7(5-3-6)11(8,9)10/h2-4,7-8,15,17H,5-6,9-10H2,1H3,(H,25,26)(H,28,29);2-5H,1H3,(H,8,9,10)/t15-,17-;/m0./s1. The van der Waals surface area contributed by atoms with Gasteiger partial charge in [0.15, 0.2) is 10.8 Å². The number of thiazole rings is 1. The summed E-state index contributed by atoms with van der Waals surface area (Å²) >= 11 is 7.67. The number of amidine groups is 1. The van der Waals surface area contributed by atoms with Crippen LogP contribution in [0.3, 0.4) is 0 Å². The van der Waals surface area contributed by atoms with Gasteiger partial charge in [-0.3, -0.25) is 19.2 Å². The van der Waals surface area contributed by atoms with Crippen molar-refractivity contribution in [2.24, 2.45) is 4.99 Å². The Balaban J connectivity index is 0.000000339. The van der Waals surface area contributed by atoms with E-state index in [-0.39, 0.29) is 28.6 Å². The van der Waals surface area contributed by atoms with Gasteiger partial charge in [-0.05, 0) is 31.2 Å². The second-order valence-electron chi connectivity index (χ2n) is 9.58. The number of aromatic nitrogens is 1. The highest BCUT2D eigenvalue weighted by molar-refractivity contribution is 7.85. The van der Waals surface area contributed by atoms with Crippen molar-refractivity contribution in [3.63, 3.8) is 0 Å². The van der Waals surface area contributed by atoms with Crippen LogP contribution < -0.4 is 5.32 Å². The number of carboxylic acid groups (broad SMARTS) is 1. The number of methoxy groups -OCH3 is 1. The van der Waals surface area contributed by atoms with Crippen LogP contribution in [0.5, 0.6) is 0 Å². The average Bonchev–Trinajstić information content (AvgIpc) is 3.52. The molecule has 5 rings (SSSR count). The van der Waals surface area contributed by atoms with Crippen molar-refractivity contribution >= 4 is 50.8 Å². The molecular weight excluding hydrogens is 639 g/mol. The molecule has 12 nitrogen and oxygen atoms in total. The SMILES string of the molecule is COC(=O)C1=C(CN2CCOC[C@H]2C(=O)O)NC(c2nccs2)=N[C@H]1c1ccc(F)cc1Cl.Cc1ccc(S(=O)(=O)O)cc1. The Morgan fingerprint density at radius 3 is 2.57 bits per heavy atom. The number of ether oxygens (including phenoxy) is 2. The van der Waals surface area contributed by atoms with Crippen LogP contribution in [-0.4, -0.2) is 85.2 Å². The first kappa shape index (κ1) is 33.2. The predicted octanol–water partition coefficient (Wildman–Crippen LogP) is 3.48. The zero-order chi connectivity index (χ0) is 32.0. The Bertz CT molecular complexity index is 1680. The largest absolute Gasteiger partial charge is 0.480 e. The number of carbonyl (C=O) groups is 2. The van der Waals surface area contributed by atoms with Crippen molar-refractivity contribution in [3.8, 4) is 0 Å². The molecule has 2 aliphatic heterocycles. The predicted molar refractivity (Wildman–Crippen MR) is 160 cm³/mol. The van der Waals surface area contributed by atoms with Crippen LogP contribution in [-0.2, 0) is 29.2 Å². The van der Waals surface area contributed by atoms with Crippen molar-refractivity contribution in [3.05, 3.63) is 92.3 Å². The number of carboxylic acids is 1. The van der Waals surface area contributed by atoms with Crippen LogP contribution in [0.1, 0.15) is 22.2 Å². The van der Waals surface area contributed by atoms with Crippen LogP contribution >= 0.6 is 22.9 Å². The first-order chi connectivity index (χ1) is 20.9. The molecule has 0 radical (unpaired) electrons. The number of benzene rings is 2.